The van der Waals surface area contributed by atoms with Gasteiger partial charge in [0.15, 0.2) is 11.5 Å². The molecule has 3 aromatic carbocycles. The molecule has 1 atom stereocenters. The standard InChI is InChI=1S/C26H18O5/c27-22-14-21(17-10-12-18(13-11-17)30-15-16-6-2-1-3-7-16)23-24(28)19-8-4-5-9-20(19)25(29)26(23)31-22/h1-13,21H,14-15H2. The molecule has 2 aliphatic rings. The topological polar surface area (TPSA) is 69.7 Å². The van der Waals surface area contributed by atoms with Gasteiger partial charge in [0.05, 0.1) is 12.0 Å². The van der Waals surface area contributed by atoms with Gasteiger partial charge in [0.1, 0.15) is 12.4 Å². The van der Waals surface area contributed by atoms with Crippen molar-refractivity contribution in [1.82, 2.24) is 0 Å². The molecule has 0 radical (unpaired) electrons. The van der Waals surface area contributed by atoms with Crippen molar-refractivity contribution < 1.29 is 23.9 Å². The number of Topliss-reactive ketones (excluding diaryl/α,β-unsaturated/α-hetero) is 2. The van der Waals surface area contributed by atoms with E-state index in [-0.39, 0.29) is 29.1 Å². The summed E-state index contributed by atoms with van der Waals surface area (Å²) in [6.45, 7) is 0.439. The first kappa shape index (κ1) is 19.0. The smallest absolute Gasteiger partial charge is 0.312 e. The lowest BCUT2D eigenvalue weighted by Gasteiger charge is -2.30. The molecule has 0 saturated carbocycles. The number of carbonyl (C=O) groups is 3. The predicted octanol–water partition coefficient (Wildman–Crippen LogP) is 4.63. The van der Waals surface area contributed by atoms with E-state index in [2.05, 4.69) is 0 Å². The molecule has 0 saturated heterocycles. The largest absolute Gasteiger partial charge is 0.489 e. The number of carbonyl (C=O) groups excluding carboxylic acids is 3. The summed E-state index contributed by atoms with van der Waals surface area (Å²) in [5.41, 5.74) is 2.68. The van der Waals surface area contributed by atoms with Gasteiger partial charge in [-0.25, -0.2) is 0 Å². The van der Waals surface area contributed by atoms with Crippen molar-refractivity contribution >= 4 is 17.5 Å². The van der Waals surface area contributed by atoms with E-state index in [1.54, 1.807) is 24.3 Å². The molecule has 0 spiro atoms. The highest BCUT2D eigenvalue weighted by Crippen LogP contribution is 2.41. The fourth-order valence-electron chi connectivity index (χ4n) is 4.04. The molecular weight excluding hydrogens is 392 g/mol. The molecule has 31 heavy (non-hydrogen) atoms. The van der Waals surface area contributed by atoms with Crippen LogP contribution in [0.4, 0.5) is 0 Å². The third-order valence-corrected chi connectivity index (χ3v) is 5.58. The number of ether oxygens (including phenoxy) is 2. The summed E-state index contributed by atoms with van der Waals surface area (Å²) in [7, 11) is 0. The highest BCUT2D eigenvalue weighted by Gasteiger charge is 2.42. The molecule has 1 heterocycles. The molecule has 5 nitrogen and oxygen atoms in total. The van der Waals surface area contributed by atoms with Crippen LogP contribution in [0.2, 0.25) is 0 Å². The Morgan fingerprint density at radius 1 is 0.774 bits per heavy atom. The number of ketones is 2. The first-order chi connectivity index (χ1) is 15.1. The number of benzene rings is 3. The highest BCUT2D eigenvalue weighted by atomic mass is 16.5. The Labute approximate surface area is 178 Å². The van der Waals surface area contributed by atoms with Gasteiger partial charge in [-0.3, -0.25) is 14.4 Å². The zero-order valence-corrected chi connectivity index (χ0v) is 16.5. The lowest BCUT2D eigenvalue weighted by Crippen LogP contribution is -2.32. The van der Waals surface area contributed by atoms with Crippen molar-refractivity contribution in [1.29, 1.82) is 0 Å². The minimum Gasteiger partial charge on any atom is -0.489 e. The quantitative estimate of drug-likeness (QED) is 0.587. The van der Waals surface area contributed by atoms with Crippen molar-refractivity contribution in [3.05, 3.63) is 112 Å². The second-order valence-corrected chi connectivity index (χ2v) is 7.52. The van der Waals surface area contributed by atoms with E-state index in [0.717, 1.165) is 11.1 Å². The van der Waals surface area contributed by atoms with E-state index >= 15 is 0 Å². The van der Waals surface area contributed by atoms with Gasteiger partial charge in [0, 0.05) is 17.0 Å². The molecule has 0 aromatic heterocycles. The van der Waals surface area contributed by atoms with Gasteiger partial charge in [-0.2, -0.15) is 0 Å². The second kappa shape index (κ2) is 7.69. The zero-order valence-electron chi connectivity index (χ0n) is 16.5. The fourth-order valence-corrected chi connectivity index (χ4v) is 4.04. The third kappa shape index (κ3) is 3.44. The van der Waals surface area contributed by atoms with Crippen LogP contribution < -0.4 is 4.74 Å². The number of hydrogen-bond acceptors (Lipinski definition) is 5. The summed E-state index contributed by atoms with van der Waals surface area (Å²) < 4.78 is 11.1. The number of esters is 1. The maximum atomic E-state index is 13.2. The predicted molar refractivity (Wildman–Crippen MR) is 113 cm³/mol. The number of fused-ring (bicyclic) bond motifs is 1. The summed E-state index contributed by atoms with van der Waals surface area (Å²) in [4.78, 5) is 38.3. The van der Waals surface area contributed by atoms with Gasteiger partial charge in [0.25, 0.3) is 0 Å². The molecule has 0 amide bonds. The van der Waals surface area contributed by atoms with E-state index < -0.39 is 17.7 Å². The maximum Gasteiger partial charge on any atom is 0.312 e. The molecule has 0 fully saturated rings. The summed E-state index contributed by atoms with van der Waals surface area (Å²) >= 11 is 0. The van der Waals surface area contributed by atoms with Crippen LogP contribution in [-0.2, 0) is 16.1 Å². The van der Waals surface area contributed by atoms with E-state index in [1.165, 1.54) is 0 Å². The third-order valence-electron chi connectivity index (χ3n) is 5.58. The van der Waals surface area contributed by atoms with Crippen LogP contribution in [0.1, 0.15) is 44.2 Å². The van der Waals surface area contributed by atoms with E-state index in [1.807, 2.05) is 54.6 Å². The molecule has 0 bridgehead atoms. The number of hydrogen-bond donors (Lipinski definition) is 0. The molecule has 152 valence electrons. The van der Waals surface area contributed by atoms with Crippen LogP contribution in [0.3, 0.4) is 0 Å². The minimum absolute atomic E-state index is 0.00421. The Morgan fingerprint density at radius 3 is 2.13 bits per heavy atom. The summed E-state index contributed by atoms with van der Waals surface area (Å²) in [5.74, 6) is -1.22. The summed E-state index contributed by atoms with van der Waals surface area (Å²) in [5, 5.41) is 0. The molecule has 5 rings (SSSR count). The Hall–Kier alpha value is -3.99. The average molecular weight is 410 g/mol. The average Bonchev–Trinajstić information content (AvgIpc) is 2.82. The lowest BCUT2D eigenvalue weighted by atomic mass is 9.77. The van der Waals surface area contributed by atoms with Gasteiger partial charge in [-0.15, -0.1) is 0 Å². The van der Waals surface area contributed by atoms with Gasteiger partial charge >= 0.3 is 5.97 Å². The lowest BCUT2D eigenvalue weighted by molar-refractivity contribution is -0.140. The molecule has 3 aromatic rings. The van der Waals surface area contributed by atoms with Gasteiger partial charge in [0.2, 0.25) is 5.78 Å². The van der Waals surface area contributed by atoms with Crippen molar-refractivity contribution in [2.75, 3.05) is 0 Å². The number of rotatable bonds is 4. The molecule has 1 aliphatic heterocycles. The van der Waals surface area contributed by atoms with Gasteiger partial charge in [-0.1, -0.05) is 66.7 Å². The summed E-state index contributed by atoms with van der Waals surface area (Å²) in [6.07, 6.45) is 0.00421. The van der Waals surface area contributed by atoms with Gasteiger partial charge < -0.3 is 9.47 Å². The van der Waals surface area contributed by atoms with Crippen molar-refractivity contribution in [3.63, 3.8) is 0 Å². The van der Waals surface area contributed by atoms with Crippen molar-refractivity contribution in [3.8, 4) is 5.75 Å². The molecular formula is C26H18O5. The molecule has 5 heteroatoms. The zero-order chi connectivity index (χ0) is 21.4. The van der Waals surface area contributed by atoms with E-state index in [0.29, 0.717) is 17.9 Å². The molecule has 1 aliphatic carbocycles. The van der Waals surface area contributed by atoms with Crippen LogP contribution in [0.25, 0.3) is 0 Å². The van der Waals surface area contributed by atoms with Crippen LogP contribution >= 0.6 is 0 Å². The minimum atomic E-state index is -0.538. The van der Waals surface area contributed by atoms with Crippen LogP contribution in [0.5, 0.6) is 5.75 Å². The monoisotopic (exact) mass is 410 g/mol. The maximum absolute atomic E-state index is 13.2. The van der Waals surface area contributed by atoms with E-state index in [9.17, 15) is 14.4 Å². The number of allylic oxidation sites excluding steroid dienone is 2. The normalized spacial score (nSPS) is 17.7. The highest BCUT2D eigenvalue weighted by molar-refractivity contribution is 6.27. The Bertz CT molecular complexity index is 1220. The van der Waals surface area contributed by atoms with Crippen molar-refractivity contribution in [2.45, 2.75) is 18.9 Å². The van der Waals surface area contributed by atoms with E-state index in [4.69, 9.17) is 9.47 Å². The van der Waals surface area contributed by atoms with Crippen LogP contribution in [0.15, 0.2) is 90.2 Å². The Balaban J connectivity index is 1.44. The molecule has 0 N–H and O–H groups in total. The first-order valence-electron chi connectivity index (χ1n) is 10.0. The van der Waals surface area contributed by atoms with Gasteiger partial charge in [-0.05, 0) is 23.3 Å². The SMILES string of the molecule is O=C1CC(c2ccc(OCc3ccccc3)cc2)C2=C(O1)C(=O)c1ccccc1C2=O. The fraction of sp³-hybridized carbons (Fsp3) is 0.115. The Morgan fingerprint density at radius 2 is 1.42 bits per heavy atom. The van der Waals surface area contributed by atoms with Crippen LogP contribution in [0, 0.1) is 0 Å². The Kier molecular flexibility index (Phi) is 4.71. The van der Waals surface area contributed by atoms with Crippen molar-refractivity contribution in [2.24, 2.45) is 0 Å². The summed E-state index contributed by atoms with van der Waals surface area (Å²) in [6, 6.07) is 23.7. The molecule has 1 unspecified atom stereocenters. The first-order valence-corrected chi connectivity index (χ1v) is 10.0. The van der Waals surface area contributed by atoms with Crippen LogP contribution in [-0.4, -0.2) is 17.5 Å². The second-order valence-electron chi connectivity index (χ2n) is 7.52.